The number of carbonyl (C=O) groups excluding carboxylic acids is 1. The van der Waals surface area contributed by atoms with Crippen LogP contribution in [0.15, 0.2) is 18.2 Å². The summed E-state index contributed by atoms with van der Waals surface area (Å²) in [6.07, 6.45) is 0.931. The Balaban J connectivity index is 1.91. The van der Waals surface area contributed by atoms with E-state index in [0.717, 1.165) is 17.7 Å². The van der Waals surface area contributed by atoms with E-state index in [2.05, 4.69) is 42.7 Å². The van der Waals surface area contributed by atoms with Gasteiger partial charge in [-0.2, -0.15) is 0 Å². The van der Waals surface area contributed by atoms with Gasteiger partial charge in [0.25, 0.3) is 0 Å². The van der Waals surface area contributed by atoms with Crippen molar-refractivity contribution in [3.8, 4) is 5.75 Å². The fourth-order valence-electron chi connectivity index (χ4n) is 2.59. The summed E-state index contributed by atoms with van der Waals surface area (Å²) in [6.45, 7) is 11.1. The van der Waals surface area contributed by atoms with E-state index in [1.165, 1.54) is 5.56 Å². The largest absolute Gasteiger partial charge is 0.487 e. The third kappa shape index (κ3) is 4.46. The molecule has 116 valence electrons. The molecule has 0 spiro atoms. The lowest BCUT2D eigenvalue weighted by atomic mass is 10.0. The molecule has 0 saturated carbocycles. The lowest BCUT2D eigenvalue weighted by Crippen LogP contribution is -2.44. The molecule has 0 unspecified atom stereocenters. The second-order valence-electron chi connectivity index (χ2n) is 7.35. The van der Waals surface area contributed by atoms with Crippen LogP contribution >= 0.6 is 0 Å². The van der Waals surface area contributed by atoms with Gasteiger partial charge in [-0.3, -0.25) is 4.79 Å². The highest BCUT2D eigenvalue weighted by Gasteiger charge is 2.31. The molecule has 0 aliphatic carbocycles. The van der Waals surface area contributed by atoms with Gasteiger partial charge in [0.1, 0.15) is 11.4 Å². The Morgan fingerprint density at radius 1 is 1.33 bits per heavy atom. The van der Waals surface area contributed by atoms with Gasteiger partial charge >= 0.3 is 0 Å². The van der Waals surface area contributed by atoms with Crippen molar-refractivity contribution < 1.29 is 9.53 Å². The van der Waals surface area contributed by atoms with E-state index < -0.39 is 0 Å². The van der Waals surface area contributed by atoms with E-state index in [4.69, 9.17) is 4.74 Å². The maximum absolute atomic E-state index is 11.8. The highest BCUT2D eigenvalue weighted by atomic mass is 16.5. The summed E-state index contributed by atoms with van der Waals surface area (Å²) < 4.78 is 6.02. The summed E-state index contributed by atoms with van der Waals surface area (Å²) in [5.74, 6) is 0.988. The number of para-hydroxylation sites is 1. The Hall–Kier alpha value is -1.55. The lowest BCUT2D eigenvalue weighted by molar-refractivity contribution is -0.121. The fraction of sp³-hybridized carbons (Fsp3) is 0.588. The minimum absolute atomic E-state index is 0.0105. The first-order chi connectivity index (χ1) is 9.66. The van der Waals surface area contributed by atoms with E-state index in [-0.39, 0.29) is 17.0 Å². The van der Waals surface area contributed by atoms with Gasteiger partial charge in [-0.15, -0.1) is 0 Å². The van der Waals surface area contributed by atoms with Crippen LogP contribution in [0.3, 0.4) is 0 Å². The van der Waals surface area contributed by atoms with Gasteiger partial charge in [0.15, 0.2) is 0 Å². The monoisotopic (exact) mass is 290 g/mol. The van der Waals surface area contributed by atoms with Crippen molar-refractivity contribution in [2.45, 2.75) is 58.7 Å². The molecule has 0 aromatic heterocycles. The van der Waals surface area contributed by atoms with Crippen LogP contribution in [0.2, 0.25) is 0 Å². The van der Waals surface area contributed by atoms with Crippen LogP contribution in [0.4, 0.5) is 0 Å². The Morgan fingerprint density at radius 3 is 2.71 bits per heavy atom. The van der Waals surface area contributed by atoms with Crippen molar-refractivity contribution in [3.05, 3.63) is 29.3 Å². The molecule has 4 heteroatoms. The van der Waals surface area contributed by atoms with Crippen LogP contribution in [0, 0.1) is 0 Å². The highest BCUT2D eigenvalue weighted by Crippen LogP contribution is 2.37. The van der Waals surface area contributed by atoms with Gasteiger partial charge in [-0.1, -0.05) is 18.2 Å². The Labute approximate surface area is 127 Å². The summed E-state index contributed by atoms with van der Waals surface area (Å²) in [7, 11) is 0. The molecule has 0 saturated heterocycles. The predicted octanol–water partition coefficient (Wildman–Crippen LogP) is 2.40. The van der Waals surface area contributed by atoms with Crippen LogP contribution in [0.25, 0.3) is 0 Å². The van der Waals surface area contributed by atoms with Crippen molar-refractivity contribution in [1.29, 1.82) is 0 Å². The minimum Gasteiger partial charge on any atom is -0.487 e. The van der Waals surface area contributed by atoms with Crippen molar-refractivity contribution in [2.24, 2.45) is 0 Å². The average Bonchev–Trinajstić information content (AvgIpc) is 2.61. The van der Waals surface area contributed by atoms with Gasteiger partial charge in [-0.25, -0.2) is 0 Å². The average molecular weight is 290 g/mol. The summed E-state index contributed by atoms with van der Waals surface area (Å²) >= 11 is 0. The van der Waals surface area contributed by atoms with Crippen LogP contribution < -0.4 is 15.4 Å². The first-order valence-corrected chi connectivity index (χ1v) is 7.48. The van der Waals surface area contributed by atoms with Gasteiger partial charge in [-0.05, 0) is 40.2 Å². The topological polar surface area (TPSA) is 50.4 Å². The zero-order valence-corrected chi connectivity index (χ0v) is 13.7. The zero-order chi connectivity index (χ0) is 15.7. The number of hydrogen-bond acceptors (Lipinski definition) is 3. The molecule has 2 N–H and O–H groups in total. The Kier molecular flexibility index (Phi) is 4.28. The van der Waals surface area contributed by atoms with E-state index in [0.29, 0.717) is 13.1 Å². The molecule has 21 heavy (non-hydrogen) atoms. The number of hydrogen-bond donors (Lipinski definition) is 2. The van der Waals surface area contributed by atoms with Crippen molar-refractivity contribution in [2.75, 3.05) is 6.54 Å². The van der Waals surface area contributed by atoms with Crippen molar-refractivity contribution in [3.63, 3.8) is 0 Å². The van der Waals surface area contributed by atoms with E-state index >= 15 is 0 Å². The Morgan fingerprint density at radius 2 is 2.05 bits per heavy atom. The molecular weight excluding hydrogens is 264 g/mol. The lowest BCUT2D eigenvalue weighted by Gasteiger charge is -2.21. The van der Waals surface area contributed by atoms with Crippen LogP contribution in [-0.2, 0) is 17.8 Å². The third-order valence-corrected chi connectivity index (χ3v) is 3.29. The predicted molar refractivity (Wildman–Crippen MR) is 84.5 cm³/mol. The maximum atomic E-state index is 11.8. The summed E-state index contributed by atoms with van der Waals surface area (Å²) in [5, 5.41) is 6.13. The number of rotatable bonds is 4. The first kappa shape index (κ1) is 15.8. The zero-order valence-electron chi connectivity index (χ0n) is 13.7. The normalized spacial score (nSPS) is 16.2. The number of benzene rings is 1. The molecule has 4 nitrogen and oxygen atoms in total. The summed E-state index contributed by atoms with van der Waals surface area (Å²) in [6, 6.07) is 6.21. The molecule has 1 aliphatic rings. The van der Waals surface area contributed by atoms with Crippen molar-refractivity contribution >= 4 is 5.91 Å². The highest BCUT2D eigenvalue weighted by molar-refractivity contribution is 5.78. The fourth-order valence-corrected chi connectivity index (χ4v) is 2.59. The molecule has 1 aromatic rings. The Bertz CT molecular complexity index is 530. The quantitative estimate of drug-likeness (QED) is 0.895. The van der Waals surface area contributed by atoms with Gasteiger partial charge in [0.05, 0.1) is 6.54 Å². The van der Waals surface area contributed by atoms with E-state index in [9.17, 15) is 4.79 Å². The number of amides is 1. The van der Waals surface area contributed by atoms with Crippen LogP contribution in [-0.4, -0.2) is 23.6 Å². The molecular formula is C17H26N2O2. The summed E-state index contributed by atoms with van der Waals surface area (Å²) in [4.78, 5) is 11.8. The molecule has 1 heterocycles. The molecule has 2 rings (SSSR count). The number of fused-ring (bicyclic) bond motifs is 1. The SMILES string of the molecule is CC(C)(C)NC(=O)CNCc1cccc2c1OC(C)(C)C2. The third-order valence-electron chi connectivity index (χ3n) is 3.29. The van der Waals surface area contributed by atoms with Gasteiger partial charge < -0.3 is 15.4 Å². The molecule has 0 radical (unpaired) electrons. The van der Waals surface area contributed by atoms with E-state index in [1.54, 1.807) is 0 Å². The summed E-state index contributed by atoms with van der Waals surface area (Å²) in [5.41, 5.74) is 2.03. The van der Waals surface area contributed by atoms with Crippen molar-refractivity contribution in [1.82, 2.24) is 10.6 Å². The standard InChI is InChI=1S/C17H26N2O2/c1-16(2,3)19-14(20)11-18-10-13-8-6-7-12-9-17(4,5)21-15(12)13/h6-8,18H,9-11H2,1-5H3,(H,19,20). The second kappa shape index (κ2) is 5.68. The van der Waals surface area contributed by atoms with E-state index in [1.807, 2.05) is 20.8 Å². The molecule has 1 aromatic carbocycles. The van der Waals surface area contributed by atoms with Crippen LogP contribution in [0.5, 0.6) is 5.75 Å². The molecule has 0 fully saturated rings. The molecule has 1 amide bonds. The van der Waals surface area contributed by atoms with Gasteiger partial charge in [0.2, 0.25) is 5.91 Å². The molecule has 1 aliphatic heterocycles. The number of carbonyl (C=O) groups is 1. The maximum Gasteiger partial charge on any atom is 0.234 e. The minimum atomic E-state index is -0.195. The number of nitrogens with one attached hydrogen (secondary N) is 2. The molecule has 0 atom stereocenters. The second-order valence-corrected chi connectivity index (χ2v) is 7.35. The molecule has 0 bridgehead atoms. The van der Waals surface area contributed by atoms with Gasteiger partial charge in [0, 0.05) is 24.1 Å². The first-order valence-electron chi connectivity index (χ1n) is 7.48. The smallest absolute Gasteiger partial charge is 0.234 e. The number of ether oxygens (including phenoxy) is 1. The van der Waals surface area contributed by atoms with Crippen LogP contribution in [0.1, 0.15) is 45.7 Å².